The predicted octanol–water partition coefficient (Wildman–Crippen LogP) is 4.60. The molecule has 132 valence electrons. The summed E-state index contributed by atoms with van der Waals surface area (Å²) in [6.45, 7) is 8.92. The molecular weight excluding hydrogens is 380 g/mol. The van der Waals surface area contributed by atoms with Crippen LogP contribution < -0.4 is 0 Å². The van der Waals surface area contributed by atoms with E-state index in [1.54, 1.807) is 0 Å². The van der Waals surface area contributed by atoms with Crippen molar-refractivity contribution in [3.63, 3.8) is 0 Å². The fourth-order valence-electron chi connectivity index (χ4n) is 2.98. The fourth-order valence-corrected chi connectivity index (χ4v) is 3.26. The SMILES string of the molecule is Cc1nn(Cc2nnc(CCc3ccccc3C(C)C)o2)c(C)c1Br. The summed E-state index contributed by atoms with van der Waals surface area (Å²) >= 11 is 3.54. The molecule has 0 fully saturated rings. The average Bonchev–Trinajstić information content (AvgIpc) is 3.14. The van der Waals surface area contributed by atoms with E-state index in [2.05, 4.69) is 69.3 Å². The first-order chi connectivity index (χ1) is 12.0. The van der Waals surface area contributed by atoms with E-state index in [1.165, 1.54) is 11.1 Å². The summed E-state index contributed by atoms with van der Waals surface area (Å²) in [5.41, 5.74) is 4.75. The lowest BCUT2D eigenvalue weighted by molar-refractivity contribution is 0.426. The van der Waals surface area contributed by atoms with Gasteiger partial charge >= 0.3 is 0 Å². The maximum absolute atomic E-state index is 5.82. The van der Waals surface area contributed by atoms with Gasteiger partial charge in [-0.2, -0.15) is 5.10 Å². The van der Waals surface area contributed by atoms with E-state index in [0.717, 1.165) is 28.7 Å². The van der Waals surface area contributed by atoms with Crippen molar-refractivity contribution in [3.8, 4) is 0 Å². The quantitative estimate of drug-likeness (QED) is 0.604. The fraction of sp³-hybridized carbons (Fsp3) is 0.421. The number of hydrogen-bond acceptors (Lipinski definition) is 4. The molecule has 0 bridgehead atoms. The number of rotatable bonds is 6. The molecule has 0 aliphatic heterocycles. The molecule has 0 amide bonds. The second-order valence-electron chi connectivity index (χ2n) is 6.59. The number of benzene rings is 1. The van der Waals surface area contributed by atoms with Crippen LogP contribution in [0.3, 0.4) is 0 Å². The van der Waals surface area contributed by atoms with Crippen molar-refractivity contribution in [1.29, 1.82) is 0 Å². The molecule has 6 heteroatoms. The number of nitrogens with zero attached hydrogens (tertiary/aromatic N) is 4. The lowest BCUT2D eigenvalue weighted by atomic mass is 9.94. The topological polar surface area (TPSA) is 56.7 Å². The number of aryl methyl sites for hydroxylation is 3. The van der Waals surface area contributed by atoms with Gasteiger partial charge in [-0.15, -0.1) is 10.2 Å². The first-order valence-electron chi connectivity index (χ1n) is 8.54. The van der Waals surface area contributed by atoms with Crippen LogP contribution in [0, 0.1) is 13.8 Å². The van der Waals surface area contributed by atoms with Crippen LogP contribution in [0.25, 0.3) is 0 Å². The molecule has 0 atom stereocenters. The smallest absolute Gasteiger partial charge is 0.237 e. The first-order valence-corrected chi connectivity index (χ1v) is 9.33. The Morgan fingerprint density at radius 3 is 2.48 bits per heavy atom. The normalized spacial score (nSPS) is 11.4. The highest BCUT2D eigenvalue weighted by Crippen LogP contribution is 2.22. The Labute approximate surface area is 156 Å². The molecule has 1 aromatic carbocycles. The minimum absolute atomic E-state index is 0.494. The molecule has 0 unspecified atom stereocenters. The molecule has 0 aliphatic rings. The Hall–Kier alpha value is -1.95. The van der Waals surface area contributed by atoms with Crippen molar-refractivity contribution < 1.29 is 4.42 Å². The molecule has 2 heterocycles. The van der Waals surface area contributed by atoms with Crippen LogP contribution in [-0.2, 0) is 19.4 Å². The first kappa shape index (κ1) is 17.9. The summed E-state index contributed by atoms with van der Waals surface area (Å²) in [6.07, 6.45) is 1.65. The van der Waals surface area contributed by atoms with Crippen LogP contribution in [-0.4, -0.2) is 20.0 Å². The maximum atomic E-state index is 5.82. The molecule has 0 saturated heterocycles. The van der Waals surface area contributed by atoms with Crippen molar-refractivity contribution >= 4 is 15.9 Å². The molecule has 0 aliphatic carbocycles. The molecule has 3 aromatic rings. The van der Waals surface area contributed by atoms with Crippen LogP contribution in [0.15, 0.2) is 33.2 Å². The van der Waals surface area contributed by atoms with Crippen LogP contribution in [0.5, 0.6) is 0 Å². The summed E-state index contributed by atoms with van der Waals surface area (Å²) < 4.78 is 8.72. The Bertz CT molecular complexity index is 866. The van der Waals surface area contributed by atoms with Gasteiger partial charge in [0, 0.05) is 6.42 Å². The lowest BCUT2D eigenvalue weighted by Gasteiger charge is -2.11. The number of halogens is 1. The van der Waals surface area contributed by atoms with Gasteiger partial charge in [-0.1, -0.05) is 38.1 Å². The zero-order chi connectivity index (χ0) is 18.0. The summed E-state index contributed by atoms with van der Waals surface area (Å²) in [5, 5.41) is 12.8. The molecule has 5 nitrogen and oxygen atoms in total. The van der Waals surface area contributed by atoms with Crippen LogP contribution >= 0.6 is 15.9 Å². The van der Waals surface area contributed by atoms with Crippen molar-refractivity contribution in [3.05, 3.63) is 63.0 Å². The van der Waals surface area contributed by atoms with E-state index in [4.69, 9.17) is 4.42 Å². The van der Waals surface area contributed by atoms with Gasteiger partial charge in [-0.3, -0.25) is 4.68 Å². The van der Waals surface area contributed by atoms with Crippen LogP contribution in [0.1, 0.15) is 54.1 Å². The molecular formula is C19H23BrN4O. The summed E-state index contributed by atoms with van der Waals surface area (Å²) in [7, 11) is 0. The van der Waals surface area contributed by atoms with Gasteiger partial charge in [0.2, 0.25) is 11.8 Å². The third-order valence-electron chi connectivity index (χ3n) is 4.37. The van der Waals surface area contributed by atoms with Gasteiger partial charge < -0.3 is 4.42 Å². The van der Waals surface area contributed by atoms with E-state index in [1.807, 2.05) is 18.5 Å². The average molecular weight is 403 g/mol. The predicted molar refractivity (Wildman–Crippen MR) is 101 cm³/mol. The molecule has 3 rings (SSSR count). The van der Waals surface area contributed by atoms with E-state index >= 15 is 0 Å². The zero-order valence-corrected chi connectivity index (χ0v) is 16.7. The highest BCUT2D eigenvalue weighted by Gasteiger charge is 2.13. The summed E-state index contributed by atoms with van der Waals surface area (Å²) in [5.74, 6) is 1.78. The number of hydrogen-bond donors (Lipinski definition) is 0. The highest BCUT2D eigenvalue weighted by molar-refractivity contribution is 9.10. The Balaban J connectivity index is 1.67. The van der Waals surface area contributed by atoms with Crippen molar-refractivity contribution in [2.24, 2.45) is 0 Å². The zero-order valence-electron chi connectivity index (χ0n) is 15.1. The van der Waals surface area contributed by atoms with Crippen molar-refractivity contribution in [1.82, 2.24) is 20.0 Å². The monoisotopic (exact) mass is 402 g/mol. The molecule has 0 radical (unpaired) electrons. The second kappa shape index (κ2) is 7.52. The number of aromatic nitrogens is 4. The van der Waals surface area contributed by atoms with Gasteiger partial charge in [0.25, 0.3) is 0 Å². The molecule has 0 saturated carbocycles. The van der Waals surface area contributed by atoms with Gasteiger partial charge in [-0.25, -0.2) is 0 Å². The summed E-state index contributed by atoms with van der Waals surface area (Å²) in [4.78, 5) is 0. The van der Waals surface area contributed by atoms with E-state index < -0.39 is 0 Å². The van der Waals surface area contributed by atoms with Crippen molar-refractivity contribution in [2.75, 3.05) is 0 Å². The van der Waals surface area contributed by atoms with E-state index in [9.17, 15) is 0 Å². The van der Waals surface area contributed by atoms with Gasteiger partial charge in [-0.05, 0) is 53.2 Å². The second-order valence-corrected chi connectivity index (χ2v) is 7.38. The Kier molecular flexibility index (Phi) is 5.37. The largest absolute Gasteiger partial charge is 0.423 e. The molecule has 25 heavy (non-hydrogen) atoms. The summed E-state index contributed by atoms with van der Waals surface area (Å²) in [6, 6.07) is 8.55. The van der Waals surface area contributed by atoms with Gasteiger partial charge in [0.1, 0.15) is 6.54 Å². The standard InChI is InChI=1S/C19H23BrN4O/c1-12(2)16-8-6-5-7-15(16)9-10-17-21-22-18(25-17)11-24-14(4)19(20)13(3)23-24/h5-8,12H,9-11H2,1-4H3. The maximum Gasteiger partial charge on any atom is 0.237 e. The van der Waals surface area contributed by atoms with E-state index in [0.29, 0.717) is 24.2 Å². The third kappa shape index (κ3) is 4.00. The van der Waals surface area contributed by atoms with E-state index in [-0.39, 0.29) is 0 Å². The lowest BCUT2D eigenvalue weighted by Crippen LogP contribution is -2.04. The minimum atomic E-state index is 0.494. The third-order valence-corrected chi connectivity index (χ3v) is 5.52. The van der Waals surface area contributed by atoms with Crippen LogP contribution in [0.4, 0.5) is 0 Å². The van der Waals surface area contributed by atoms with Gasteiger partial charge in [0.15, 0.2) is 0 Å². The Morgan fingerprint density at radius 2 is 1.80 bits per heavy atom. The highest BCUT2D eigenvalue weighted by atomic mass is 79.9. The van der Waals surface area contributed by atoms with Crippen LogP contribution in [0.2, 0.25) is 0 Å². The Morgan fingerprint density at radius 1 is 1.08 bits per heavy atom. The van der Waals surface area contributed by atoms with Gasteiger partial charge in [0.05, 0.1) is 15.9 Å². The van der Waals surface area contributed by atoms with Crippen molar-refractivity contribution in [2.45, 2.75) is 53.0 Å². The minimum Gasteiger partial charge on any atom is -0.423 e. The molecule has 2 aromatic heterocycles. The molecule has 0 N–H and O–H groups in total. The molecule has 0 spiro atoms.